The molecule has 66 valence electrons. The van der Waals surface area contributed by atoms with Crippen molar-refractivity contribution in [2.75, 3.05) is 13.2 Å². The molecule has 3 saturated heterocycles. The van der Waals surface area contributed by atoms with Gasteiger partial charge in [0.15, 0.2) is 0 Å². The average Bonchev–Trinajstić information content (AvgIpc) is 2.89. The van der Waals surface area contributed by atoms with Gasteiger partial charge in [0, 0.05) is 6.42 Å². The predicted molar refractivity (Wildman–Crippen MR) is 36.3 cm³/mol. The highest BCUT2D eigenvalue weighted by molar-refractivity contribution is 5.26. The summed E-state index contributed by atoms with van der Waals surface area (Å²) in [7, 11) is 0. The van der Waals surface area contributed by atoms with Gasteiger partial charge in [0.2, 0.25) is 5.79 Å². The van der Waals surface area contributed by atoms with Crippen LogP contribution in [0.15, 0.2) is 0 Å². The second-order valence-corrected chi connectivity index (χ2v) is 3.94. The van der Waals surface area contributed by atoms with Crippen LogP contribution in [0.5, 0.6) is 0 Å². The van der Waals surface area contributed by atoms with Gasteiger partial charge >= 0.3 is 0 Å². The normalized spacial score (nSPS) is 64.0. The topological polar surface area (TPSA) is 46.8 Å². The minimum Gasteiger partial charge on any atom is -0.371 e. The first-order chi connectivity index (χ1) is 5.85. The van der Waals surface area contributed by atoms with E-state index in [4.69, 9.17) is 18.9 Å². The van der Waals surface area contributed by atoms with E-state index < -0.39 is 0 Å². The van der Waals surface area contributed by atoms with Crippen molar-refractivity contribution < 1.29 is 18.9 Å². The van der Waals surface area contributed by atoms with Crippen molar-refractivity contribution in [3.8, 4) is 0 Å². The molecule has 0 aromatic heterocycles. The minimum absolute atomic E-state index is 0.168. The Morgan fingerprint density at radius 2 is 2.25 bits per heavy atom. The molecule has 0 spiro atoms. The Balaban J connectivity index is 1.42. The Labute approximate surface area is 69.7 Å². The van der Waals surface area contributed by atoms with Crippen LogP contribution in [0.2, 0.25) is 0 Å². The molecular weight excluding hydrogens is 160 g/mol. The Hall–Kier alpha value is -0.160. The van der Waals surface area contributed by atoms with Crippen molar-refractivity contribution in [1.29, 1.82) is 0 Å². The van der Waals surface area contributed by atoms with E-state index in [0.29, 0.717) is 12.7 Å². The molecule has 3 heterocycles. The first-order valence-corrected chi connectivity index (χ1v) is 4.48. The van der Waals surface area contributed by atoms with Crippen LogP contribution in [0.3, 0.4) is 0 Å². The van der Waals surface area contributed by atoms with Crippen LogP contribution in [0.4, 0.5) is 0 Å². The van der Waals surface area contributed by atoms with Crippen LogP contribution in [0.1, 0.15) is 12.8 Å². The SMILES string of the molecule is C1OC1COC1CCC23OC12O3. The van der Waals surface area contributed by atoms with E-state index in [2.05, 4.69) is 0 Å². The fourth-order valence-corrected chi connectivity index (χ4v) is 2.19. The molecule has 4 fully saturated rings. The van der Waals surface area contributed by atoms with Gasteiger partial charge in [-0.15, -0.1) is 0 Å². The molecule has 3 aliphatic heterocycles. The van der Waals surface area contributed by atoms with E-state index in [9.17, 15) is 0 Å². The molecule has 2 atom stereocenters. The van der Waals surface area contributed by atoms with Crippen molar-refractivity contribution in [2.45, 2.75) is 36.6 Å². The molecule has 0 N–H and O–H groups in total. The lowest BCUT2D eigenvalue weighted by atomic mass is 10.3. The summed E-state index contributed by atoms with van der Waals surface area (Å²) in [6.07, 6.45) is 2.59. The minimum atomic E-state index is -0.290. The van der Waals surface area contributed by atoms with Gasteiger partial charge in [0.1, 0.15) is 12.2 Å². The molecule has 0 amide bonds. The van der Waals surface area contributed by atoms with Crippen molar-refractivity contribution in [2.24, 2.45) is 0 Å². The summed E-state index contributed by atoms with van der Waals surface area (Å²) in [5.74, 6) is -0.468. The summed E-state index contributed by atoms with van der Waals surface area (Å²) in [6, 6.07) is 0. The fraction of sp³-hybridized carbons (Fsp3) is 1.00. The number of rotatable bonds is 3. The molecule has 2 unspecified atom stereocenters. The van der Waals surface area contributed by atoms with E-state index in [1.807, 2.05) is 0 Å². The Kier molecular flexibility index (Phi) is 0.828. The molecule has 0 aromatic carbocycles. The second kappa shape index (κ2) is 1.57. The van der Waals surface area contributed by atoms with Crippen LogP contribution in [-0.2, 0) is 18.9 Å². The van der Waals surface area contributed by atoms with Gasteiger partial charge in [-0.3, -0.25) is 0 Å². The number of hydrogen-bond acceptors (Lipinski definition) is 4. The number of ether oxygens (including phenoxy) is 4. The van der Waals surface area contributed by atoms with Crippen LogP contribution in [0.25, 0.3) is 0 Å². The summed E-state index contributed by atoms with van der Waals surface area (Å²) < 4.78 is 21.5. The van der Waals surface area contributed by atoms with Crippen molar-refractivity contribution in [1.82, 2.24) is 0 Å². The van der Waals surface area contributed by atoms with Crippen molar-refractivity contribution in [3.05, 3.63) is 0 Å². The molecule has 4 aliphatic rings. The van der Waals surface area contributed by atoms with Crippen molar-refractivity contribution >= 4 is 0 Å². The molecule has 0 bridgehead atoms. The highest BCUT2D eigenvalue weighted by Gasteiger charge is 2.96. The third-order valence-corrected chi connectivity index (χ3v) is 3.13. The molecule has 12 heavy (non-hydrogen) atoms. The predicted octanol–water partition coefficient (Wildman–Crippen LogP) is 0.0172. The van der Waals surface area contributed by atoms with Crippen LogP contribution >= 0.6 is 0 Å². The highest BCUT2D eigenvalue weighted by atomic mass is 17.1. The van der Waals surface area contributed by atoms with Gasteiger partial charge in [-0.25, -0.2) is 0 Å². The van der Waals surface area contributed by atoms with E-state index in [0.717, 1.165) is 19.4 Å². The third kappa shape index (κ3) is 0.567. The van der Waals surface area contributed by atoms with Crippen LogP contribution in [-0.4, -0.2) is 37.0 Å². The van der Waals surface area contributed by atoms with Gasteiger partial charge in [-0.2, -0.15) is 0 Å². The first-order valence-electron chi connectivity index (χ1n) is 4.48. The summed E-state index contributed by atoms with van der Waals surface area (Å²) >= 11 is 0. The van der Waals surface area contributed by atoms with E-state index >= 15 is 0 Å². The second-order valence-electron chi connectivity index (χ2n) is 3.94. The van der Waals surface area contributed by atoms with E-state index in [-0.39, 0.29) is 17.7 Å². The molecule has 4 nitrogen and oxygen atoms in total. The molecular formula is C8H10O4. The van der Waals surface area contributed by atoms with Gasteiger partial charge in [0.25, 0.3) is 5.79 Å². The van der Waals surface area contributed by atoms with Gasteiger partial charge in [-0.05, 0) is 6.42 Å². The standard InChI is InChI=1S/C8H10O4/c1-2-7-8(11-7,12-7)6(1)10-4-5-3-9-5/h5-6H,1-4H2. The summed E-state index contributed by atoms with van der Waals surface area (Å²) in [5, 5.41) is 0. The third-order valence-electron chi connectivity index (χ3n) is 3.13. The zero-order valence-corrected chi connectivity index (χ0v) is 6.62. The summed E-state index contributed by atoms with van der Waals surface area (Å²) in [6.45, 7) is 1.56. The van der Waals surface area contributed by atoms with Gasteiger partial charge in [-0.1, -0.05) is 0 Å². The average molecular weight is 170 g/mol. The number of epoxide rings is 3. The largest absolute Gasteiger partial charge is 0.371 e. The smallest absolute Gasteiger partial charge is 0.256 e. The Morgan fingerprint density at radius 3 is 2.75 bits per heavy atom. The maximum atomic E-state index is 5.65. The van der Waals surface area contributed by atoms with Gasteiger partial charge in [0.05, 0.1) is 13.2 Å². The molecule has 1 saturated carbocycles. The van der Waals surface area contributed by atoms with Crippen LogP contribution in [0, 0.1) is 0 Å². The lowest BCUT2D eigenvalue weighted by Crippen LogP contribution is -2.27. The lowest BCUT2D eigenvalue weighted by Gasteiger charge is -2.17. The monoisotopic (exact) mass is 170 g/mol. The summed E-state index contributed by atoms with van der Waals surface area (Å²) in [4.78, 5) is 0. The quantitative estimate of drug-likeness (QED) is 0.560. The maximum Gasteiger partial charge on any atom is 0.256 e. The molecule has 1 aliphatic carbocycles. The Bertz CT molecular complexity index is 241. The zero-order valence-electron chi connectivity index (χ0n) is 6.62. The fourth-order valence-electron chi connectivity index (χ4n) is 2.19. The molecule has 4 rings (SSSR count). The first kappa shape index (κ1) is 6.32. The number of hydrogen-bond donors (Lipinski definition) is 0. The summed E-state index contributed by atoms with van der Waals surface area (Å²) in [5.41, 5.74) is 0. The van der Waals surface area contributed by atoms with Crippen molar-refractivity contribution in [3.63, 3.8) is 0 Å². The molecule has 0 radical (unpaired) electrons. The van der Waals surface area contributed by atoms with E-state index in [1.54, 1.807) is 0 Å². The van der Waals surface area contributed by atoms with Crippen LogP contribution < -0.4 is 0 Å². The van der Waals surface area contributed by atoms with E-state index in [1.165, 1.54) is 0 Å². The lowest BCUT2D eigenvalue weighted by molar-refractivity contribution is -0.179. The zero-order chi connectivity index (χ0) is 7.81. The molecule has 0 aromatic rings. The Morgan fingerprint density at radius 1 is 1.42 bits per heavy atom. The highest BCUT2D eigenvalue weighted by Crippen LogP contribution is 2.76. The van der Waals surface area contributed by atoms with Gasteiger partial charge < -0.3 is 18.9 Å². The maximum absolute atomic E-state index is 5.65. The molecule has 4 heteroatoms.